The van der Waals surface area contributed by atoms with Crippen LogP contribution in [0.15, 0.2) is 22.7 Å². The van der Waals surface area contributed by atoms with Gasteiger partial charge in [-0.1, -0.05) is 27.5 Å². The van der Waals surface area contributed by atoms with E-state index in [1.807, 2.05) is 0 Å². The summed E-state index contributed by atoms with van der Waals surface area (Å²) in [7, 11) is 0. The zero-order valence-electron chi connectivity index (χ0n) is 18.2. The number of benzene rings is 1. The highest BCUT2D eigenvalue weighted by Gasteiger charge is 2.51. The van der Waals surface area contributed by atoms with Gasteiger partial charge in [0.25, 0.3) is 0 Å². The first-order valence-electron chi connectivity index (χ1n) is 9.44. The van der Waals surface area contributed by atoms with Crippen molar-refractivity contribution in [3.05, 3.63) is 27.7 Å². The van der Waals surface area contributed by atoms with E-state index in [0.29, 0.717) is 5.02 Å². The lowest BCUT2D eigenvalue weighted by atomic mass is 9.98. The Balaban J connectivity index is 0.000000502. The maximum absolute atomic E-state index is 11.3. The summed E-state index contributed by atoms with van der Waals surface area (Å²) in [5.74, 6) is -2.77. The highest BCUT2D eigenvalue weighted by molar-refractivity contribution is 9.10. The lowest BCUT2D eigenvalue weighted by Crippen LogP contribution is -2.62. The van der Waals surface area contributed by atoms with Crippen LogP contribution in [0.4, 0.5) is 0 Å². The van der Waals surface area contributed by atoms with Gasteiger partial charge in [0.15, 0.2) is 24.6 Å². The molecule has 2 N–H and O–H groups in total. The quantitative estimate of drug-likeness (QED) is 0.404. The summed E-state index contributed by atoms with van der Waals surface area (Å²) in [4.78, 5) is 44.9. The molecule has 0 bridgehead atoms. The second kappa shape index (κ2) is 13.3. The molecule has 0 amide bonds. The Hall–Kier alpha value is -2.41. The Labute approximate surface area is 203 Å². The van der Waals surface area contributed by atoms with Gasteiger partial charge in [0.05, 0.1) is 5.02 Å². The molecular weight excluding hydrogens is 532 g/mol. The van der Waals surface area contributed by atoms with Crippen molar-refractivity contribution >= 4 is 51.4 Å². The molecule has 5 atom stereocenters. The van der Waals surface area contributed by atoms with Crippen LogP contribution in [0.3, 0.4) is 0 Å². The normalized spacial score (nSPS) is 23.9. The molecule has 33 heavy (non-hydrogen) atoms. The Morgan fingerprint density at radius 1 is 0.939 bits per heavy atom. The van der Waals surface area contributed by atoms with Crippen molar-refractivity contribution < 1.29 is 53.1 Å². The van der Waals surface area contributed by atoms with Crippen LogP contribution < -0.4 is 0 Å². The van der Waals surface area contributed by atoms with Gasteiger partial charge in [-0.05, 0) is 18.2 Å². The molecule has 0 unspecified atom stereocenters. The molecule has 1 saturated heterocycles. The van der Waals surface area contributed by atoms with E-state index >= 15 is 0 Å². The van der Waals surface area contributed by atoms with Crippen molar-refractivity contribution in [2.45, 2.75) is 58.4 Å². The first-order chi connectivity index (χ1) is 15.3. The summed E-state index contributed by atoms with van der Waals surface area (Å²) in [6.45, 7) is 4.09. The van der Waals surface area contributed by atoms with Gasteiger partial charge in [0, 0.05) is 32.2 Å². The Morgan fingerprint density at radius 3 is 1.91 bits per heavy atom. The number of phenolic OH excluding ortho intramolecular Hbond substituents is 1. The third-order valence-corrected chi connectivity index (χ3v) is 4.69. The van der Waals surface area contributed by atoms with Crippen LogP contribution in [0.25, 0.3) is 0 Å². The average molecular weight is 556 g/mol. The molecule has 0 saturated carbocycles. The number of aliphatic hydroxyl groups is 1. The Morgan fingerprint density at radius 2 is 1.45 bits per heavy atom. The smallest absolute Gasteiger partial charge is 0.303 e. The Bertz CT molecular complexity index is 862. The van der Waals surface area contributed by atoms with Gasteiger partial charge in [0.1, 0.15) is 18.5 Å². The summed E-state index contributed by atoms with van der Waals surface area (Å²) in [6, 6.07) is 4.94. The molecule has 184 valence electrons. The molecule has 0 aliphatic carbocycles. The number of esters is 4. The minimum atomic E-state index is -1.68. The molecule has 2 rings (SSSR count). The van der Waals surface area contributed by atoms with E-state index in [2.05, 4.69) is 15.9 Å². The topological polar surface area (TPSA) is 155 Å². The van der Waals surface area contributed by atoms with Crippen LogP contribution in [0, 0.1) is 0 Å². The standard InChI is InChI=1S/C14H20O10.C6H4BrClO/c1-6(15)20-5-10-11(21-7(2)16)12(22-8(3)17)13(14(19)24-10)23-9(4)18;7-4-1-2-5(8)6(9)3-4/h10-14,19H,5H2,1-4H3;1-3,9H/t10-,11-,12+,13+,14+;/m1./s1. The van der Waals surface area contributed by atoms with Crippen molar-refractivity contribution in [3.63, 3.8) is 0 Å². The minimum Gasteiger partial charge on any atom is -0.506 e. The molecule has 1 aromatic carbocycles. The van der Waals surface area contributed by atoms with Crippen molar-refractivity contribution in [1.82, 2.24) is 0 Å². The number of halogens is 2. The van der Waals surface area contributed by atoms with Crippen LogP contribution in [0.1, 0.15) is 27.7 Å². The number of phenols is 1. The highest BCUT2D eigenvalue weighted by atomic mass is 79.9. The summed E-state index contributed by atoms with van der Waals surface area (Å²) < 4.78 is 25.9. The summed E-state index contributed by atoms with van der Waals surface area (Å²) in [5.41, 5.74) is 0. The van der Waals surface area contributed by atoms with Gasteiger partial charge in [0.2, 0.25) is 0 Å². The fourth-order valence-electron chi connectivity index (χ4n) is 2.69. The predicted molar refractivity (Wildman–Crippen MR) is 115 cm³/mol. The summed E-state index contributed by atoms with van der Waals surface area (Å²) in [5, 5.41) is 19.3. The summed E-state index contributed by atoms with van der Waals surface area (Å²) >= 11 is 8.69. The van der Waals surface area contributed by atoms with Crippen LogP contribution in [-0.2, 0) is 42.9 Å². The fraction of sp³-hybridized carbons (Fsp3) is 0.500. The molecule has 0 spiro atoms. The maximum Gasteiger partial charge on any atom is 0.303 e. The number of hydrogen-bond donors (Lipinski definition) is 2. The van der Waals surface area contributed by atoms with Crippen LogP contribution >= 0.6 is 27.5 Å². The molecule has 1 aliphatic heterocycles. The van der Waals surface area contributed by atoms with Crippen LogP contribution in [0.2, 0.25) is 5.02 Å². The van der Waals surface area contributed by atoms with E-state index in [1.165, 1.54) is 0 Å². The zero-order chi connectivity index (χ0) is 25.3. The lowest BCUT2D eigenvalue weighted by Gasteiger charge is -2.42. The number of carbonyl (C=O) groups excluding carboxylic acids is 4. The van der Waals surface area contributed by atoms with Gasteiger partial charge in [-0.2, -0.15) is 0 Å². The largest absolute Gasteiger partial charge is 0.506 e. The van der Waals surface area contributed by atoms with E-state index in [9.17, 15) is 24.3 Å². The molecule has 0 aromatic heterocycles. The third kappa shape index (κ3) is 9.95. The van der Waals surface area contributed by atoms with Crippen molar-refractivity contribution in [2.24, 2.45) is 0 Å². The monoisotopic (exact) mass is 554 g/mol. The highest BCUT2D eigenvalue weighted by Crippen LogP contribution is 2.28. The third-order valence-electron chi connectivity index (χ3n) is 3.87. The van der Waals surface area contributed by atoms with Gasteiger partial charge in [-0.15, -0.1) is 0 Å². The second-order valence-corrected chi connectivity index (χ2v) is 8.01. The van der Waals surface area contributed by atoms with Gasteiger partial charge in [-0.3, -0.25) is 19.2 Å². The number of hydrogen-bond acceptors (Lipinski definition) is 11. The number of rotatable bonds is 5. The second-order valence-electron chi connectivity index (χ2n) is 6.69. The van der Waals surface area contributed by atoms with Crippen molar-refractivity contribution in [1.29, 1.82) is 0 Å². The number of aliphatic hydroxyl groups excluding tert-OH is 1. The molecular formula is C20H24BrClO11. The SMILES string of the molecule is CC(=O)OC[C@H]1O[C@H](O)[C@@H](OC(C)=O)[C@@H](OC(C)=O)[C@@H]1OC(C)=O.Oc1cc(Br)ccc1Cl. The predicted octanol–water partition coefficient (Wildman–Crippen LogP) is 1.87. The average Bonchev–Trinajstić information content (AvgIpc) is 2.68. The molecule has 0 radical (unpaired) electrons. The molecule has 1 fully saturated rings. The lowest BCUT2D eigenvalue weighted by molar-refractivity contribution is -0.296. The van der Waals surface area contributed by atoms with Gasteiger partial charge in [-0.25, -0.2) is 0 Å². The molecule has 1 heterocycles. The van der Waals surface area contributed by atoms with Crippen molar-refractivity contribution in [3.8, 4) is 5.75 Å². The van der Waals surface area contributed by atoms with E-state index in [0.717, 1.165) is 32.2 Å². The van der Waals surface area contributed by atoms with Gasteiger partial charge >= 0.3 is 23.9 Å². The van der Waals surface area contributed by atoms with E-state index < -0.39 is 54.6 Å². The van der Waals surface area contributed by atoms with Crippen LogP contribution in [0.5, 0.6) is 5.75 Å². The molecule has 1 aliphatic rings. The number of aromatic hydroxyl groups is 1. The fourth-order valence-corrected chi connectivity index (χ4v) is 3.16. The minimum absolute atomic E-state index is 0.103. The van der Waals surface area contributed by atoms with E-state index in [1.54, 1.807) is 18.2 Å². The van der Waals surface area contributed by atoms with Crippen molar-refractivity contribution in [2.75, 3.05) is 6.61 Å². The first kappa shape index (κ1) is 28.6. The van der Waals surface area contributed by atoms with E-state index in [4.69, 9.17) is 40.4 Å². The number of ether oxygens (including phenoxy) is 5. The molecule has 1 aromatic rings. The van der Waals surface area contributed by atoms with Crippen LogP contribution in [-0.4, -0.2) is 71.4 Å². The Kier molecular flexibility index (Phi) is 11.6. The first-order valence-corrected chi connectivity index (χ1v) is 10.6. The molecule has 13 heteroatoms. The number of carbonyl (C=O) groups is 4. The summed E-state index contributed by atoms with van der Waals surface area (Å²) in [6.07, 6.45) is -6.79. The molecule has 11 nitrogen and oxygen atoms in total. The van der Waals surface area contributed by atoms with Gasteiger partial charge < -0.3 is 33.9 Å². The maximum atomic E-state index is 11.3. The van der Waals surface area contributed by atoms with E-state index in [-0.39, 0.29) is 12.4 Å². The zero-order valence-corrected chi connectivity index (χ0v) is 20.5.